The van der Waals surface area contributed by atoms with Gasteiger partial charge < -0.3 is 10.1 Å². The van der Waals surface area contributed by atoms with Crippen molar-refractivity contribution in [2.75, 3.05) is 0 Å². The first kappa shape index (κ1) is 20.8. The molecule has 0 saturated heterocycles. The highest BCUT2D eigenvalue weighted by Crippen LogP contribution is 2.26. The van der Waals surface area contributed by atoms with Gasteiger partial charge in [0.05, 0.1) is 0 Å². The number of halogens is 2. The van der Waals surface area contributed by atoms with E-state index in [1.807, 2.05) is 38.1 Å². The highest BCUT2D eigenvalue weighted by Gasteiger charge is 2.13. The maximum Gasteiger partial charge on any atom is 0.262 e. The first-order chi connectivity index (χ1) is 12.9. The summed E-state index contributed by atoms with van der Waals surface area (Å²) in [6.07, 6.45) is 2.26. The Morgan fingerprint density at radius 1 is 1.26 bits per heavy atom. The fourth-order valence-corrected chi connectivity index (χ4v) is 2.65. The number of carbonyl (C=O) groups excluding carboxylic acids is 1. The van der Waals surface area contributed by atoms with E-state index in [0.717, 1.165) is 12.0 Å². The lowest BCUT2D eigenvalue weighted by Gasteiger charge is -2.12. The molecule has 0 radical (unpaired) electrons. The standard InChI is InChI=1S/C21H20Cl2N2O2/c1-3-14(2)25-21(26)17(12-24)10-16-11-19(23)7-8-20(16)27-13-15-5-4-6-18(22)9-15/h4-11,14H,3,13H2,1-2H3,(H,25,26)/b17-10+/t14-/m1/s1. The Labute approximate surface area is 169 Å². The number of carbonyl (C=O) groups is 1. The van der Waals surface area contributed by atoms with E-state index in [0.29, 0.717) is 28.0 Å². The third-order valence-corrected chi connectivity index (χ3v) is 4.38. The molecule has 1 amide bonds. The number of nitrogens with one attached hydrogen (secondary N) is 1. The fourth-order valence-electron chi connectivity index (χ4n) is 2.26. The summed E-state index contributed by atoms with van der Waals surface area (Å²) >= 11 is 12.1. The van der Waals surface area contributed by atoms with Crippen molar-refractivity contribution in [3.05, 3.63) is 69.2 Å². The van der Waals surface area contributed by atoms with Gasteiger partial charge >= 0.3 is 0 Å². The van der Waals surface area contributed by atoms with Crippen LogP contribution < -0.4 is 10.1 Å². The van der Waals surface area contributed by atoms with Gasteiger partial charge in [-0.3, -0.25) is 4.79 Å². The lowest BCUT2D eigenvalue weighted by molar-refractivity contribution is -0.117. The van der Waals surface area contributed by atoms with E-state index in [9.17, 15) is 10.1 Å². The van der Waals surface area contributed by atoms with E-state index >= 15 is 0 Å². The zero-order chi connectivity index (χ0) is 19.8. The van der Waals surface area contributed by atoms with Gasteiger partial charge in [0.15, 0.2) is 0 Å². The molecule has 1 atom stereocenters. The topological polar surface area (TPSA) is 62.1 Å². The molecule has 0 bridgehead atoms. The first-order valence-corrected chi connectivity index (χ1v) is 9.28. The Balaban J connectivity index is 2.26. The minimum Gasteiger partial charge on any atom is -0.488 e. The minimum absolute atomic E-state index is 0.00910. The monoisotopic (exact) mass is 402 g/mol. The lowest BCUT2D eigenvalue weighted by atomic mass is 10.1. The molecule has 0 aliphatic heterocycles. The van der Waals surface area contributed by atoms with Gasteiger partial charge in [-0.1, -0.05) is 42.3 Å². The van der Waals surface area contributed by atoms with Crippen molar-refractivity contribution in [3.8, 4) is 11.8 Å². The second-order valence-corrected chi connectivity index (χ2v) is 6.93. The van der Waals surface area contributed by atoms with E-state index in [1.165, 1.54) is 6.08 Å². The van der Waals surface area contributed by atoms with Crippen molar-refractivity contribution in [2.45, 2.75) is 32.9 Å². The van der Waals surface area contributed by atoms with Gasteiger partial charge in [0, 0.05) is 21.7 Å². The minimum atomic E-state index is -0.424. The van der Waals surface area contributed by atoms with Crippen LogP contribution in [-0.4, -0.2) is 11.9 Å². The van der Waals surface area contributed by atoms with Crippen molar-refractivity contribution in [1.82, 2.24) is 5.32 Å². The first-order valence-electron chi connectivity index (χ1n) is 8.52. The number of ether oxygens (including phenoxy) is 1. The molecule has 0 saturated carbocycles. The molecule has 2 aromatic carbocycles. The Hall–Kier alpha value is -2.48. The highest BCUT2D eigenvalue weighted by molar-refractivity contribution is 6.31. The van der Waals surface area contributed by atoms with E-state index in [1.54, 1.807) is 24.3 Å². The summed E-state index contributed by atoms with van der Waals surface area (Å²) in [6, 6.07) is 14.3. The summed E-state index contributed by atoms with van der Waals surface area (Å²) in [5.74, 6) is 0.0936. The number of nitrogens with zero attached hydrogens (tertiary/aromatic N) is 1. The molecule has 2 rings (SSSR count). The SMILES string of the molecule is CC[C@@H](C)NC(=O)/C(C#N)=C/c1cc(Cl)ccc1OCc1cccc(Cl)c1. The number of rotatable bonds is 7. The predicted octanol–water partition coefficient (Wildman–Crippen LogP) is 5.39. The molecule has 1 N–H and O–H groups in total. The number of hydrogen-bond acceptors (Lipinski definition) is 3. The van der Waals surface area contributed by atoms with Gasteiger partial charge in [-0.15, -0.1) is 0 Å². The Morgan fingerprint density at radius 3 is 2.67 bits per heavy atom. The Morgan fingerprint density at radius 2 is 2.00 bits per heavy atom. The number of hydrogen-bond donors (Lipinski definition) is 1. The maximum atomic E-state index is 12.3. The van der Waals surface area contributed by atoms with Gasteiger partial charge in [-0.05, 0) is 55.3 Å². The van der Waals surface area contributed by atoms with Crippen LogP contribution in [0.4, 0.5) is 0 Å². The lowest BCUT2D eigenvalue weighted by Crippen LogP contribution is -2.32. The average molecular weight is 403 g/mol. The predicted molar refractivity (Wildman–Crippen MR) is 109 cm³/mol. The molecule has 0 aliphatic rings. The quantitative estimate of drug-likeness (QED) is 0.498. The van der Waals surface area contributed by atoms with Crippen LogP contribution in [0, 0.1) is 11.3 Å². The second-order valence-electron chi connectivity index (χ2n) is 6.05. The highest BCUT2D eigenvalue weighted by atomic mass is 35.5. The third kappa shape index (κ3) is 6.32. The van der Waals surface area contributed by atoms with Gasteiger partial charge in [0.1, 0.15) is 24.0 Å². The van der Waals surface area contributed by atoms with Gasteiger partial charge in [0.2, 0.25) is 0 Å². The summed E-state index contributed by atoms with van der Waals surface area (Å²) in [4.78, 5) is 12.3. The van der Waals surface area contributed by atoms with Crippen LogP contribution in [-0.2, 0) is 11.4 Å². The van der Waals surface area contributed by atoms with Gasteiger partial charge in [-0.25, -0.2) is 0 Å². The maximum absolute atomic E-state index is 12.3. The fraction of sp³-hybridized carbons (Fsp3) is 0.238. The third-order valence-electron chi connectivity index (χ3n) is 3.91. The Kier molecular flexibility index (Phi) is 7.72. The Bertz CT molecular complexity index is 888. The molecular formula is C21H20Cl2N2O2. The molecular weight excluding hydrogens is 383 g/mol. The van der Waals surface area contributed by atoms with Crippen LogP contribution in [0.3, 0.4) is 0 Å². The van der Waals surface area contributed by atoms with Crippen LogP contribution in [0.25, 0.3) is 6.08 Å². The average Bonchev–Trinajstić information content (AvgIpc) is 2.65. The van der Waals surface area contributed by atoms with Crippen LogP contribution >= 0.6 is 23.2 Å². The molecule has 0 aliphatic carbocycles. The van der Waals surface area contributed by atoms with Crippen molar-refractivity contribution in [2.24, 2.45) is 0 Å². The largest absolute Gasteiger partial charge is 0.488 e. The number of amides is 1. The number of benzene rings is 2. The van der Waals surface area contributed by atoms with Crippen LogP contribution in [0.15, 0.2) is 48.0 Å². The van der Waals surface area contributed by atoms with Crippen molar-refractivity contribution < 1.29 is 9.53 Å². The molecule has 0 spiro atoms. The van der Waals surface area contributed by atoms with Crippen LogP contribution in [0.2, 0.25) is 10.0 Å². The summed E-state index contributed by atoms with van der Waals surface area (Å²) < 4.78 is 5.86. The van der Waals surface area contributed by atoms with E-state index in [4.69, 9.17) is 27.9 Å². The molecule has 27 heavy (non-hydrogen) atoms. The van der Waals surface area contributed by atoms with Crippen molar-refractivity contribution in [3.63, 3.8) is 0 Å². The molecule has 0 aromatic heterocycles. The smallest absolute Gasteiger partial charge is 0.262 e. The molecule has 2 aromatic rings. The van der Waals surface area contributed by atoms with Gasteiger partial charge in [0.25, 0.3) is 5.91 Å². The zero-order valence-corrected chi connectivity index (χ0v) is 16.6. The van der Waals surface area contributed by atoms with Crippen molar-refractivity contribution >= 4 is 35.2 Å². The van der Waals surface area contributed by atoms with Crippen molar-refractivity contribution in [1.29, 1.82) is 5.26 Å². The normalized spacial score (nSPS) is 12.2. The molecule has 0 fully saturated rings. The molecule has 6 heteroatoms. The van der Waals surface area contributed by atoms with Crippen LogP contribution in [0.5, 0.6) is 5.75 Å². The van der Waals surface area contributed by atoms with E-state index in [-0.39, 0.29) is 11.6 Å². The number of nitriles is 1. The second kappa shape index (κ2) is 10.0. The molecule has 4 nitrogen and oxygen atoms in total. The zero-order valence-electron chi connectivity index (χ0n) is 15.1. The summed E-state index contributed by atoms with van der Waals surface area (Å²) in [5.41, 5.74) is 1.45. The molecule has 140 valence electrons. The molecule has 0 unspecified atom stereocenters. The summed E-state index contributed by atoms with van der Waals surface area (Å²) in [6.45, 7) is 4.13. The summed E-state index contributed by atoms with van der Waals surface area (Å²) in [5, 5.41) is 13.3. The van der Waals surface area contributed by atoms with E-state index in [2.05, 4.69) is 5.32 Å². The van der Waals surface area contributed by atoms with E-state index < -0.39 is 5.91 Å². The van der Waals surface area contributed by atoms with Gasteiger partial charge in [-0.2, -0.15) is 5.26 Å². The van der Waals surface area contributed by atoms with Crippen LogP contribution in [0.1, 0.15) is 31.4 Å². The summed E-state index contributed by atoms with van der Waals surface area (Å²) in [7, 11) is 0. The molecule has 0 heterocycles.